The van der Waals surface area contributed by atoms with Crippen molar-refractivity contribution in [1.29, 1.82) is 0 Å². The SMILES string of the molecule is C=C1/C(=C\C(=C/C)c2cncc(O[C@H]3CC[C@H](NS(C)(=O)=O)CC3)c2)CCC(=O)N1C. The minimum atomic E-state index is -3.18. The molecule has 0 bridgehead atoms. The van der Waals surface area contributed by atoms with Gasteiger partial charge in [0.15, 0.2) is 0 Å². The Morgan fingerprint density at radius 3 is 2.61 bits per heavy atom. The second-order valence-corrected chi connectivity index (χ2v) is 9.98. The molecule has 7 nitrogen and oxygen atoms in total. The Hall–Kier alpha value is -2.45. The van der Waals surface area contributed by atoms with Crippen molar-refractivity contribution >= 4 is 21.5 Å². The summed E-state index contributed by atoms with van der Waals surface area (Å²) in [6.07, 6.45) is 13.1. The molecule has 2 heterocycles. The number of allylic oxidation sites excluding steroid dienone is 4. The van der Waals surface area contributed by atoms with Crippen LogP contribution in [0.25, 0.3) is 5.57 Å². The van der Waals surface area contributed by atoms with Crippen LogP contribution in [0.1, 0.15) is 51.0 Å². The number of likely N-dealkylation sites (N-methyl/N-ethyl adjacent to an activating group) is 1. The van der Waals surface area contributed by atoms with Crippen LogP contribution in [0.15, 0.2) is 48.5 Å². The van der Waals surface area contributed by atoms with E-state index in [4.69, 9.17) is 4.74 Å². The summed E-state index contributed by atoms with van der Waals surface area (Å²) in [5.74, 6) is 0.784. The number of sulfonamides is 1. The highest BCUT2D eigenvalue weighted by molar-refractivity contribution is 7.88. The van der Waals surface area contributed by atoms with E-state index in [1.165, 1.54) is 6.26 Å². The van der Waals surface area contributed by atoms with Crippen LogP contribution in [0.3, 0.4) is 0 Å². The fourth-order valence-electron chi connectivity index (χ4n) is 4.03. The molecule has 1 saturated heterocycles. The van der Waals surface area contributed by atoms with Gasteiger partial charge in [-0.2, -0.15) is 0 Å². The molecule has 1 N–H and O–H groups in total. The van der Waals surface area contributed by atoms with Gasteiger partial charge < -0.3 is 9.64 Å². The molecule has 1 aromatic heterocycles. The lowest BCUT2D eigenvalue weighted by molar-refractivity contribution is -0.128. The molecule has 3 rings (SSSR count). The first-order chi connectivity index (χ1) is 14.7. The Balaban J connectivity index is 1.66. The first-order valence-corrected chi connectivity index (χ1v) is 12.5. The first-order valence-electron chi connectivity index (χ1n) is 10.6. The second-order valence-electron chi connectivity index (χ2n) is 8.20. The Morgan fingerprint density at radius 2 is 1.97 bits per heavy atom. The van der Waals surface area contributed by atoms with Crippen LogP contribution in [0, 0.1) is 0 Å². The number of ether oxygens (including phenoxy) is 1. The predicted molar refractivity (Wildman–Crippen MR) is 122 cm³/mol. The molecule has 0 unspecified atom stereocenters. The molecule has 0 aromatic carbocycles. The number of likely N-dealkylation sites (tertiary alicyclic amines) is 1. The van der Waals surface area contributed by atoms with Crippen LogP contribution in [0.5, 0.6) is 5.75 Å². The summed E-state index contributed by atoms with van der Waals surface area (Å²) in [4.78, 5) is 17.8. The number of carbonyl (C=O) groups is 1. The van der Waals surface area contributed by atoms with Gasteiger partial charge in [0.05, 0.1) is 18.6 Å². The first kappa shape index (κ1) is 23.2. The Morgan fingerprint density at radius 1 is 1.26 bits per heavy atom. The van der Waals surface area contributed by atoms with Crippen molar-refractivity contribution < 1.29 is 17.9 Å². The van der Waals surface area contributed by atoms with Crippen molar-refractivity contribution in [3.05, 3.63) is 54.0 Å². The number of hydrogen-bond acceptors (Lipinski definition) is 5. The minimum absolute atomic E-state index is 0.0193. The number of rotatable bonds is 6. The van der Waals surface area contributed by atoms with Crippen molar-refractivity contribution in [1.82, 2.24) is 14.6 Å². The van der Waals surface area contributed by atoms with Gasteiger partial charge >= 0.3 is 0 Å². The third-order valence-electron chi connectivity index (χ3n) is 5.80. The van der Waals surface area contributed by atoms with Gasteiger partial charge in [-0.1, -0.05) is 12.7 Å². The van der Waals surface area contributed by atoms with E-state index < -0.39 is 10.0 Å². The average molecular weight is 446 g/mol. The number of nitrogens with zero attached hydrogens (tertiary/aromatic N) is 2. The quantitative estimate of drug-likeness (QED) is 0.725. The molecule has 2 aliphatic rings. The number of hydrogen-bond donors (Lipinski definition) is 1. The molecule has 1 amide bonds. The van der Waals surface area contributed by atoms with Crippen molar-refractivity contribution in [2.24, 2.45) is 0 Å². The number of pyridine rings is 1. The van der Waals surface area contributed by atoms with E-state index in [9.17, 15) is 13.2 Å². The summed E-state index contributed by atoms with van der Waals surface area (Å²) < 4.78 is 31.7. The molecule has 168 valence electrons. The lowest BCUT2D eigenvalue weighted by atomic mass is 9.93. The fourth-order valence-corrected chi connectivity index (χ4v) is 4.87. The summed E-state index contributed by atoms with van der Waals surface area (Å²) in [5, 5.41) is 0. The highest BCUT2D eigenvalue weighted by Crippen LogP contribution is 2.30. The lowest BCUT2D eigenvalue weighted by Gasteiger charge is -2.29. The molecular weight excluding hydrogens is 414 g/mol. The zero-order valence-electron chi connectivity index (χ0n) is 18.4. The monoisotopic (exact) mass is 445 g/mol. The molecule has 1 aliphatic carbocycles. The number of piperidine rings is 1. The van der Waals surface area contributed by atoms with Gasteiger partial charge in [0.2, 0.25) is 15.9 Å². The zero-order valence-corrected chi connectivity index (χ0v) is 19.2. The van der Waals surface area contributed by atoms with E-state index in [2.05, 4.69) is 22.4 Å². The second kappa shape index (κ2) is 9.78. The number of nitrogens with one attached hydrogen (secondary N) is 1. The van der Waals surface area contributed by atoms with Gasteiger partial charge in [-0.15, -0.1) is 0 Å². The zero-order chi connectivity index (χ0) is 22.6. The normalized spacial score (nSPS) is 24.5. The largest absolute Gasteiger partial charge is 0.489 e. The van der Waals surface area contributed by atoms with Gasteiger partial charge in [0.1, 0.15) is 5.75 Å². The Labute approximate surface area is 184 Å². The van der Waals surface area contributed by atoms with Crippen LogP contribution in [0.2, 0.25) is 0 Å². The third kappa shape index (κ3) is 6.27. The summed E-state index contributed by atoms with van der Waals surface area (Å²) in [7, 11) is -1.43. The molecule has 31 heavy (non-hydrogen) atoms. The summed E-state index contributed by atoms with van der Waals surface area (Å²) in [5.41, 5.74) is 3.71. The Bertz CT molecular complexity index is 1010. The molecule has 0 radical (unpaired) electrons. The molecule has 0 atom stereocenters. The van der Waals surface area contributed by atoms with Crippen LogP contribution >= 0.6 is 0 Å². The number of amides is 1. The maximum absolute atomic E-state index is 11.9. The van der Waals surface area contributed by atoms with Crippen molar-refractivity contribution in [2.45, 2.75) is 57.6 Å². The van der Waals surface area contributed by atoms with E-state index in [0.29, 0.717) is 18.6 Å². The molecular formula is C23H31N3O4S. The topological polar surface area (TPSA) is 88.6 Å². The standard InChI is InChI=1S/C23H31N3O4S/c1-5-17(12-18-6-11-23(27)26(3)16(18)2)19-13-22(15-24-14-19)30-21-9-7-20(8-10-21)25-31(4,28)29/h5,12-15,20-21,25H,2,6-11H2,1,3-4H3/b17-5+,18-12-/t20-,21-. The summed E-state index contributed by atoms with van der Waals surface area (Å²) in [6, 6.07) is 1.95. The predicted octanol–water partition coefficient (Wildman–Crippen LogP) is 3.42. The van der Waals surface area contributed by atoms with Crippen molar-refractivity contribution in [3.63, 3.8) is 0 Å². The minimum Gasteiger partial charge on any atom is -0.489 e. The van der Waals surface area contributed by atoms with E-state index >= 15 is 0 Å². The number of aromatic nitrogens is 1. The molecule has 1 saturated carbocycles. The van der Waals surface area contributed by atoms with Crippen molar-refractivity contribution in [2.75, 3.05) is 13.3 Å². The van der Waals surface area contributed by atoms with Gasteiger partial charge in [0.25, 0.3) is 0 Å². The van der Waals surface area contributed by atoms with E-state index in [1.54, 1.807) is 24.3 Å². The average Bonchev–Trinajstić information content (AvgIpc) is 2.72. The molecule has 8 heteroatoms. The highest BCUT2D eigenvalue weighted by atomic mass is 32.2. The van der Waals surface area contributed by atoms with Crippen LogP contribution in [0.4, 0.5) is 0 Å². The molecule has 1 aromatic rings. The van der Waals surface area contributed by atoms with Gasteiger partial charge in [-0.25, -0.2) is 13.1 Å². The van der Waals surface area contributed by atoms with Gasteiger partial charge in [-0.3, -0.25) is 9.78 Å². The van der Waals surface area contributed by atoms with Crippen LogP contribution in [-0.2, 0) is 14.8 Å². The van der Waals surface area contributed by atoms with Crippen molar-refractivity contribution in [3.8, 4) is 5.75 Å². The maximum atomic E-state index is 11.9. The van der Waals surface area contributed by atoms with Crippen LogP contribution < -0.4 is 9.46 Å². The molecule has 1 aliphatic heterocycles. The number of carbonyl (C=O) groups excluding carboxylic acids is 1. The van der Waals surface area contributed by atoms with Gasteiger partial charge in [0, 0.05) is 37.0 Å². The fraction of sp³-hybridized carbons (Fsp3) is 0.478. The Kier molecular flexibility index (Phi) is 7.33. The van der Waals surface area contributed by atoms with E-state index in [1.807, 2.05) is 19.1 Å². The maximum Gasteiger partial charge on any atom is 0.227 e. The highest BCUT2D eigenvalue weighted by Gasteiger charge is 2.25. The molecule has 2 fully saturated rings. The smallest absolute Gasteiger partial charge is 0.227 e. The van der Waals surface area contributed by atoms with E-state index in [0.717, 1.165) is 48.1 Å². The summed E-state index contributed by atoms with van der Waals surface area (Å²) >= 11 is 0. The molecule has 0 spiro atoms. The van der Waals surface area contributed by atoms with Crippen LogP contribution in [-0.4, -0.2) is 49.7 Å². The van der Waals surface area contributed by atoms with Gasteiger partial charge in [-0.05, 0) is 62.3 Å². The van der Waals surface area contributed by atoms with E-state index in [-0.39, 0.29) is 18.1 Å². The summed E-state index contributed by atoms with van der Waals surface area (Å²) in [6.45, 7) is 6.03. The lowest BCUT2D eigenvalue weighted by Crippen LogP contribution is -2.39. The third-order valence-corrected chi connectivity index (χ3v) is 6.56.